The summed E-state index contributed by atoms with van der Waals surface area (Å²) >= 11 is 0. The largest absolute Gasteiger partial charge is 0.367 e. The molecular formula is C10H20N4. The number of anilines is 1. The lowest BCUT2D eigenvalue weighted by Gasteiger charge is -2.13. The maximum atomic E-state index is 5.45. The number of rotatable bonds is 6. The lowest BCUT2D eigenvalue weighted by molar-refractivity contribution is 0.372. The van der Waals surface area contributed by atoms with Crippen molar-refractivity contribution in [3.05, 3.63) is 6.33 Å². The number of hydrogen-bond acceptors (Lipinski definition) is 3. The van der Waals surface area contributed by atoms with Crippen LogP contribution in [0.15, 0.2) is 6.33 Å². The first-order valence-electron chi connectivity index (χ1n) is 5.41. The molecule has 1 aromatic heterocycles. The normalized spacial score (nSPS) is 13.0. The molecule has 0 aliphatic carbocycles. The Labute approximate surface area is 85.5 Å². The number of nitrogens with zero attached hydrogens (tertiary/aromatic N) is 3. The molecule has 14 heavy (non-hydrogen) atoms. The third-order valence-corrected chi connectivity index (χ3v) is 2.54. The van der Waals surface area contributed by atoms with Crippen LogP contribution in [0.25, 0.3) is 0 Å². The molecule has 0 saturated heterocycles. The smallest absolute Gasteiger partial charge is 0.239 e. The first kappa shape index (κ1) is 11.0. The van der Waals surface area contributed by atoms with Crippen LogP contribution in [0, 0.1) is 5.92 Å². The van der Waals surface area contributed by atoms with Crippen LogP contribution < -0.4 is 5.73 Å². The second-order valence-corrected chi connectivity index (χ2v) is 3.74. The quantitative estimate of drug-likeness (QED) is 0.757. The highest BCUT2D eigenvalue weighted by atomic mass is 15.4. The molecule has 2 N–H and O–H groups in total. The minimum atomic E-state index is 0.371. The van der Waals surface area contributed by atoms with E-state index >= 15 is 0 Å². The molecule has 1 aromatic rings. The topological polar surface area (TPSA) is 56.7 Å². The fourth-order valence-electron chi connectivity index (χ4n) is 1.58. The Hall–Kier alpha value is -1.06. The predicted molar refractivity (Wildman–Crippen MR) is 57.7 cm³/mol. The van der Waals surface area contributed by atoms with Crippen LogP contribution in [0.5, 0.6) is 0 Å². The summed E-state index contributed by atoms with van der Waals surface area (Å²) in [6, 6.07) is 0. The Kier molecular flexibility index (Phi) is 4.43. The number of nitrogens with two attached hydrogens (primary N) is 1. The van der Waals surface area contributed by atoms with Gasteiger partial charge in [0.2, 0.25) is 5.95 Å². The fraction of sp³-hybridized carbons (Fsp3) is 0.800. The van der Waals surface area contributed by atoms with Crippen molar-refractivity contribution in [1.29, 1.82) is 0 Å². The van der Waals surface area contributed by atoms with Crippen molar-refractivity contribution < 1.29 is 0 Å². The van der Waals surface area contributed by atoms with Gasteiger partial charge in [-0.15, -0.1) is 5.10 Å². The summed E-state index contributed by atoms with van der Waals surface area (Å²) < 4.78 is 1.85. The maximum Gasteiger partial charge on any atom is 0.239 e. The average Bonchev–Trinajstić information content (AvgIpc) is 2.58. The van der Waals surface area contributed by atoms with Gasteiger partial charge in [0.05, 0.1) is 0 Å². The van der Waals surface area contributed by atoms with Crippen molar-refractivity contribution in [2.75, 3.05) is 5.73 Å². The van der Waals surface area contributed by atoms with E-state index in [-0.39, 0.29) is 0 Å². The summed E-state index contributed by atoms with van der Waals surface area (Å²) in [6.07, 6.45) is 6.73. The van der Waals surface area contributed by atoms with Gasteiger partial charge in [0.15, 0.2) is 0 Å². The lowest BCUT2D eigenvalue weighted by atomic mass is 10.00. The molecular weight excluding hydrogens is 176 g/mol. The Morgan fingerprint density at radius 2 is 2.29 bits per heavy atom. The summed E-state index contributed by atoms with van der Waals surface area (Å²) in [4.78, 5) is 3.91. The zero-order valence-electron chi connectivity index (χ0n) is 9.11. The van der Waals surface area contributed by atoms with E-state index in [4.69, 9.17) is 5.73 Å². The average molecular weight is 196 g/mol. The second kappa shape index (κ2) is 5.62. The molecule has 0 saturated carbocycles. The zero-order chi connectivity index (χ0) is 10.4. The first-order chi connectivity index (χ1) is 6.76. The van der Waals surface area contributed by atoms with Crippen molar-refractivity contribution >= 4 is 5.95 Å². The van der Waals surface area contributed by atoms with E-state index in [0.717, 1.165) is 6.54 Å². The van der Waals surface area contributed by atoms with E-state index in [1.807, 2.05) is 4.68 Å². The molecule has 1 rings (SSSR count). The van der Waals surface area contributed by atoms with Gasteiger partial charge >= 0.3 is 0 Å². The van der Waals surface area contributed by atoms with Crippen molar-refractivity contribution in [3.63, 3.8) is 0 Å². The molecule has 0 aromatic carbocycles. The van der Waals surface area contributed by atoms with Crippen molar-refractivity contribution in [2.24, 2.45) is 5.92 Å². The van der Waals surface area contributed by atoms with Crippen LogP contribution in [0.1, 0.15) is 39.5 Å². The molecule has 0 bridgehead atoms. The van der Waals surface area contributed by atoms with Gasteiger partial charge in [0.25, 0.3) is 0 Å². The number of aromatic nitrogens is 3. The molecule has 1 unspecified atom stereocenters. The second-order valence-electron chi connectivity index (χ2n) is 3.74. The molecule has 0 amide bonds. The van der Waals surface area contributed by atoms with Gasteiger partial charge < -0.3 is 5.73 Å². The standard InChI is InChI=1S/C10H20N4/c1-3-5-6-9(4-2)7-14-8-12-10(11)13-14/h8-9H,3-7H2,1-2H3,(H2,11,13). The van der Waals surface area contributed by atoms with E-state index in [1.165, 1.54) is 25.7 Å². The molecule has 0 aliphatic rings. The van der Waals surface area contributed by atoms with Gasteiger partial charge in [0.1, 0.15) is 6.33 Å². The molecule has 1 atom stereocenters. The van der Waals surface area contributed by atoms with Crippen LogP contribution in [-0.4, -0.2) is 14.8 Å². The summed E-state index contributed by atoms with van der Waals surface area (Å²) in [7, 11) is 0. The Balaban J connectivity index is 2.40. The van der Waals surface area contributed by atoms with E-state index in [0.29, 0.717) is 11.9 Å². The summed E-state index contributed by atoms with van der Waals surface area (Å²) in [6.45, 7) is 5.39. The Bertz CT molecular complexity index is 256. The summed E-state index contributed by atoms with van der Waals surface area (Å²) in [5.74, 6) is 1.08. The van der Waals surface area contributed by atoms with Gasteiger partial charge in [-0.25, -0.2) is 4.98 Å². The van der Waals surface area contributed by atoms with Crippen LogP contribution >= 0.6 is 0 Å². The highest BCUT2D eigenvalue weighted by Crippen LogP contribution is 2.14. The maximum absolute atomic E-state index is 5.45. The van der Waals surface area contributed by atoms with Crippen molar-refractivity contribution in [3.8, 4) is 0 Å². The molecule has 0 radical (unpaired) electrons. The van der Waals surface area contributed by atoms with Crippen LogP contribution in [0.3, 0.4) is 0 Å². The molecule has 4 nitrogen and oxygen atoms in total. The van der Waals surface area contributed by atoms with Crippen molar-refractivity contribution in [2.45, 2.75) is 46.1 Å². The van der Waals surface area contributed by atoms with Gasteiger partial charge in [-0.05, 0) is 12.3 Å². The highest BCUT2D eigenvalue weighted by molar-refractivity contribution is 5.09. The number of hydrogen-bond donors (Lipinski definition) is 1. The Morgan fingerprint density at radius 1 is 1.50 bits per heavy atom. The molecule has 1 heterocycles. The van der Waals surface area contributed by atoms with Crippen LogP contribution in [0.4, 0.5) is 5.95 Å². The minimum absolute atomic E-state index is 0.371. The fourth-order valence-corrected chi connectivity index (χ4v) is 1.58. The molecule has 0 aliphatic heterocycles. The van der Waals surface area contributed by atoms with Crippen LogP contribution in [-0.2, 0) is 6.54 Å². The van der Waals surface area contributed by atoms with E-state index < -0.39 is 0 Å². The van der Waals surface area contributed by atoms with E-state index in [2.05, 4.69) is 23.9 Å². The zero-order valence-corrected chi connectivity index (χ0v) is 9.11. The van der Waals surface area contributed by atoms with Gasteiger partial charge in [-0.1, -0.05) is 33.1 Å². The molecule has 80 valence electrons. The van der Waals surface area contributed by atoms with Gasteiger partial charge in [-0.2, -0.15) is 0 Å². The van der Waals surface area contributed by atoms with Crippen LogP contribution in [0.2, 0.25) is 0 Å². The molecule has 0 fully saturated rings. The SMILES string of the molecule is CCCCC(CC)Cn1cnc(N)n1. The summed E-state index contributed by atoms with van der Waals surface area (Å²) in [5.41, 5.74) is 5.45. The Morgan fingerprint density at radius 3 is 2.79 bits per heavy atom. The van der Waals surface area contributed by atoms with Gasteiger partial charge in [-0.3, -0.25) is 4.68 Å². The monoisotopic (exact) mass is 196 g/mol. The van der Waals surface area contributed by atoms with Crippen molar-refractivity contribution in [1.82, 2.24) is 14.8 Å². The third-order valence-electron chi connectivity index (χ3n) is 2.54. The molecule has 0 spiro atoms. The highest BCUT2D eigenvalue weighted by Gasteiger charge is 2.07. The van der Waals surface area contributed by atoms with E-state index in [1.54, 1.807) is 6.33 Å². The summed E-state index contributed by atoms with van der Waals surface area (Å²) in [5, 5.41) is 4.09. The third kappa shape index (κ3) is 3.36. The first-order valence-corrected chi connectivity index (χ1v) is 5.41. The molecule has 4 heteroatoms. The number of unbranched alkanes of at least 4 members (excludes halogenated alkanes) is 1. The van der Waals surface area contributed by atoms with Gasteiger partial charge in [0, 0.05) is 6.54 Å². The van der Waals surface area contributed by atoms with E-state index in [9.17, 15) is 0 Å². The lowest BCUT2D eigenvalue weighted by Crippen LogP contribution is -2.10. The predicted octanol–water partition coefficient (Wildman–Crippen LogP) is 2.08. The number of nitrogen functional groups attached to an aromatic ring is 1. The minimum Gasteiger partial charge on any atom is -0.367 e.